The number of sulfonamides is 1. The van der Waals surface area contributed by atoms with Gasteiger partial charge >= 0.3 is 0 Å². The summed E-state index contributed by atoms with van der Waals surface area (Å²) >= 11 is 6.75. The maximum Gasteiger partial charge on any atom is 0.249 e. The first-order chi connectivity index (χ1) is 12.2. The fourth-order valence-electron chi connectivity index (χ4n) is 2.10. The molecule has 0 aliphatic rings. The minimum Gasteiger partial charge on any atom is -0.350 e. The van der Waals surface area contributed by atoms with Gasteiger partial charge in [0.25, 0.3) is 0 Å². The highest BCUT2D eigenvalue weighted by Crippen LogP contribution is 2.29. The highest BCUT2D eigenvalue weighted by atomic mass is 35.5. The molecular weight excluding hydrogens is 413 g/mol. The van der Waals surface area contributed by atoms with Crippen LogP contribution in [0.2, 0.25) is 5.02 Å². The number of carbonyl (C=O) groups excluding carboxylic acids is 1. The lowest BCUT2D eigenvalue weighted by molar-refractivity contribution is -0.121. The third kappa shape index (κ3) is 4.37. The zero-order valence-electron chi connectivity index (χ0n) is 13.4. The Kier molecular flexibility index (Phi) is 6.67. The van der Waals surface area contributed by atoms with Gasteiger partial charge in [-0.3, -0.25) is 4.79 Å². The van der Waals surface area contributed by atoms with E-state index >= 15 is 0 Å². The summed E-state index contributed by atoms with van der Waals surface area (Å²) in [5, 5.41) is 3.19. The van der Waals surface area contributed by atoms with Crippen molar-refractivity contribution in [2.24, 2.45) is 0 Å². The normalized spacial score (nSPS) is 11.8. The Morgan fingerprint density at radius 1 is 1.31 bits per heavy atom. The van der Waals surface area contributed by atoms with E-state index in [4.69, 9.17) is 11.6 Å². The van der Waals surface area contributed by atoms with E-state index in [-0.39, 0.29) is 19.2 Å². The number of rotatable bonds is 7. The molecule has 0 unspecified atom stereocenters. The number of halogens is 4. The standard InChI is InChI=1S/C15H14ClF3N2O3S2/c1-2-21(8-12(22)20-7-9-4-3-5-25-9)26(23,24)15-11(18)6-10(17)13(16)14(15)19/h3-6H,2,7-8H2,1H3,(H,20,22). The Bertz CT molecular complexity index is 905. The van der Waals surface area contributed by atoms with Crippen LogP contribution in [0.1, 0.15) is 11.8 Å². The van der Waals surface area contributed by atoms with Crippen LogP contribution in [-0.2, 0) is 21.4 Å². The summed E-state index contributed by atoms with van der Waals surface area (Å²) in [5.74, 6) is -5.43. The minimum atomic E-state index is -4.74. The smallest absolute Gasteiger partial charge is 0.249 e. The predicted octanol–water partition coefficient (Wildman–Crippen LogP) is 3.15. The predicted molar refractivity (Wildman–Crippen MR) is 91.9 cm³/mol. The Labute approximate surface area is 157 Å². The first kappa shape index (κ1) is 20.7. The number of amides is 1. The van der Waals surface area contributed by atoms with E-state index in [1.807, 2.05) is 5.38 Å². The van der Waals surface area contributed by atoms with Crippen LogP contribution in [0.4, 0.5) is 13.2 Å². The quantitative estimate of drug-likeness (QED) is 0.546. The second-order valence-corrected chi connectivity index (χ2v) is 8.37. The van der Waals surface area contributed by atoms with Crippen LogP contribution in [0.25, 0.3) is 0 Å². The molecule has 1 amide bonds. The molecule has 1 aromatic heterocycles. The van der Waals surface area contributed by atoms with Crippen LogP contribution >= 0.6 is 22.9 Å². The summed E-state index contributed by atoms with van der Waals surface area (Å²) in [7, 11) is -4.74. The van der Waals surface area contributed by atoms with E-state index in [1.54, 1.807) is 12.1 Å². The number of nitrogens with zero attached hydrogens (tertiary/aromatic N) is 1. The molecule has 2 aromatic rings. The summed E-state index contributed by atoms with van der Waals surface area (Å²) < 4.78 is 66.9. The zero-order chi connectivity index (χ0) is 19.5. The topological polar surface area (TPSA) is 66.5 Å². The molecule has 0 atom stereocenters. The average Bonchev–Trinajstić information content (AvgIpc) is 3.08. The molecule has 0 saturated heterocycles. The molecule has 2 rings (SSSR count). The van der Waals surface area contributed by atoms with Gasteiger partial charge in [-0.05, 0) is 11.4 Å². The number of benzene rings is 1. The van der Waals surface area contributed by atoms with Gasteiger partial charge in [-0.25, -0.2) is 21.6 Å². The number of hydrogen-bond donors (Lipinski definition) is 1. The zero-order valence-corrected chi connectivity index (χ0v) is 15.8. The molecule has 0 radical (unpaired) electrons. The monoisotopic (exact) mass is 426 g/mol. The number of thiophene rings is 1. The van der Waals surface area contributed by atoms with Gasteiger partial charge in [0, 0.05) is 17.5 Å². The van der Waals surface area contributed by atoms with Crippen LogP contribution in [0, 0.1) is 17.5 Å². The molecule has 0 spiro atoms. The van der Waals surface area contributed by atoms with Crippen molar-refractivity contribution < 1.29 is 26.4 Å². The second-order valence-electron chi connectivity index (χ2n) is 5.08. The Morgan fingerprint density at radius 2 is 2.00 bits per heavy atom. The van der Waals surface area contributed by atoms with Crippen molar-refractivity contribution in [3.63, 3.8) is 0 Å². The summed E-state index contributed by atoms with van der Waals surface area (Å²) in [5.41, 5.74) is 0. The molecule has 1 aromatic carbocycles. The molecular formula is C15H14ClF3N2O3S2. The molecule has 1 heterocycles. The summed E-state index contributed by atoms with van der Waals surface area (Å²) in [6.07, 6.45) is 0. The van der Waals surface area contributed by atoms with Crippen LogP contribution in [0.15, 0.2) is 28.5 Å². The second kappa shape index (κ2) is 8.38. The number of nitrogens with one attached hydrogen (secondary N) is 1. The van der Waals surface area contributed by atoms with Crippen LogP contribution in [0.3, 0.4) is 0 Å². The summed E-state index contributed by atoms with van der Waals surface area (Å²) in [6, 6.07) is 3.76. The Hall–Kier alpha value is -1.62. The van der Waals surface area contributed by atoms with Crippen molar-refractivity contribution >= 4 is 38.9 Å². The van der Waals surface area contributed by atoms with E-state index in [2.05, 4.69) is 5.32 Å². The molecule has 5 nitrogen and oxygen atoms in total. The first-order valence-corrected chi connectivity index (χ1v) is 10.0. The molecule has 142 valence electrons. The largest absolute Gasteiger partial charge is 0.350 e. The van der Waals surface area contributed by atoms with Gasteiger partial charge in [0.2, 0.25) is 15.9 Å². The van der Waals surface area contributed by atoms with Crippen LogP contribution < -0.4 is 5.32 Å². The van der Waals surface area contributed by atoms with Crippen molar-refractivity contribution in [3.05, 3.63) is 50.9 Å². The van der Waals surface area contributed by atoms with Crippen molar-refractivity contribution in [1.82, 2.24) is 9.62 Å². The van der Waals surface area contributed by atoms with Crippen molar-refractivity contribution in [2.75, 3.05) is 13.1 Å². The summed E-state index contributed by atoms with van der Waals surface area (Å²) in [6.45, 7) is 0.699. The Morgan fingerprint density at radius 3 is 2.58 bits per heavy atom. The highest BCUT2D eigenvalue weighted by molar-refractivity contribution is 7.89. The molecule has 26 heavy (non-hydrogen) atoms. The van der Waals surface area contributed by atoms with E-state index in [1.165, 1.54) is 18.3 Å². The van der Waals surface area contributed by atoms with Gasteiger partial charge in [-0.2, -0.15) is 4.31 Å². The minimum absolute atomic E-state index is 0.184. The van der Waals surface area contributed by atoms with Gasteiger partial charge in [-0.1, -0.05) is 24.6 Å². The number of carbonyl (C=O) groups is 1. The first-order valence-electron chi connectivity index (χ1n) is 7.30. The average molecular weight is 427 g/mol. The molecule has 0 aliphatic heterocycles. The van der Waals surface area contributed by atoms with Gasteiger partial charge in [0.05, 0.1) is 13.1 Å². The van der Waals surface area contributed by atoms with Gasteiger partial charge in [0.1, 0.15) is 16.7 Å². The van der Waals surface area contributed by atoms with Crippen molar-refractivity contribution in [1.29, 1.82) is 0 Å². The third-order valence-corrected chi connectivity index (χ3v) is 6.56. The molecule has 1 N–H and O–H groups in total. The third-order valence-electron chi connectivity index (χ3n) is 3.38. The number of hydrogen-bond acceptors (Lipinski definition) is 4. The van der Waals surface area contributed by atoms with E-state index in [9.17, 15) is 26.4 Å². The van der Waals surface area contributed by atoms with Crippen LogP contribution in [-0.4, -0.2) is 31.7 Å². The number of likely N-dealkylation sites (N-methyl/N-ethyl adjacent to an activating group) is 1. The molecule has 0 aliphatic carbocycles. The fourth-order valence-corrected chi connectivity index (χ4v) is 4.47. The molecule has 11 heteroatoms. The van der Waals surface area contributed by atoms with Gasteiger partial charge < -0.3 is 5.32 Å². The van der Waals surface area contributed by atoms with Crippen LogP contribution in [0.5, 0.6) is 0 Å². The molecule has 0 saturated carbocycles. The van der Waals surface area contributed by atoms with Gasteiger partial charge in [0.15, 0.2) is 10.7 Å². The highest BCUT2D eigenvalue weighted by Gasteiger charge is 2.33. The van der Waals surface area contributed by atoms with Crippen molar-refractivity contribution in [2.45, 2.75) is 18.4 Å². The van der Waals surface area contributed by atoms with E-state index < -0.39 is 49.8 Å². The molecule has 0 fully saturated rings. The lowest BCUT2D eigenvalue weighted by Crippen LogP contribution is -2.41. The van der Waals surface area contributed by atoms with Crippen molar-refractivity contribution in [3.8, 4) is 0 Å². The van der Waals surface area contributed by atoms with Gasteiger partial charge in [-0.15, -0.1) is 11.3 Å². The van der Waals surface area contributed by atoms with E-state index in [0.717, 1.165) is 4.88 Å². The molecule has 0 bridgehead atoms. The SMILES string of the molecule is CCN(CC(=O)NCc1cccs1)S(=O)(=O)c1c(F)cc(F)c(Cl)c1F. The lowest BCUT2D eigenvalue weighted by Gasteiger charge is -2.21. The maximum atomic E-state index is 14.1. The Balaban J connectivity index is 2.23. The lowest BCUT2D eigenvalue weighted by atomic mass is 10.3. The van der Waals surface area contributed by atoms with E-state index in [0.29, 0.717) is 4.31 Å². The maximum absolute atomic E-state index is 14.1. The fraction of sp³-hybridized carbons (Fsp3) is 0.267. The summed E-state index contributed by atoms with van der Waals surface area (Å²) in [4.78, 5) is 11.5.